The SMILES string of the molecule is O=C(/C=C/c1cccc2c(Sc3ccccc3)c[nH]c12)NO. The Balaban J connectivity index is 1.95. The Kier molecular flexibility index (Phi) is 4.27. The minimum atomic E-state index is -0.553. The van der Waals surface area contributed by atoms with Crippen molar-refractivity contribution in [2.24, 2.45) is 0 Å². The lowest BCUT2D eigenvalue weighted by Gasteiger charge is -2.01. The Bertz CT molecular complexity index is 825. The normalized spacial score (nSPS) is 11.1. The summed E-state index contributed by atoms with van der Waals surface area (Å²) in [6.45, 7) is 0. The van der Waals surface area contributed by atoms with Crippen molar-refractivity contribution in [2.75, 3.05) is 0 Å². The van der Waals surface area contributed by atoms with E-state index in [9.17, 15) is 4.79 Å². The largest absolute Gasteiger partial charge is 0.360 e. The van der Waals surface area contributed by atoms with Gasteiger partial charge in [-0.3, -0.25) is 10.0 Å². The lowest BCUT2D eigenvalue weighted by molar-refractivity contribution is -0.124. The van der Waals surface area contributed by atoms with Crippen molar-refractivity contribution in [1.29, 1.82) is 0 Å². The number of carbonyl (C=O) groups excluding carboxylic acids is 1. The first kappa shape index (κ1) is 14.4. The summed E-state index contributed by atoms with van der Waals surface area (Å²) >= 11 is 1.69. The highest BCUT2D eigenvalue weighted by atomic mass is 32.2. The van der Waals surface area contributed by atoms with Gasteiger partial charge >= 0.3 is 0 Å². The standard InChI is InChI=1S/C17H14N2O2S/c20-16(19-21)10-9-12-5-4-8-14-15(11-18-17(12)14)22-13-6-2-1-3-7-13/h1-11,18,21H,(H,19,20)/b10-9+. The van der Waals surface area contributed by atoms with Gasteiger partial charge in [0.05, 0.1) is 5.52 Å². The van der Waals surface area contributed by atoms with Gasteiger partial charge in [0.1, 0.15) is 0 Å². The molecule has 0 bridgehead atoms. The molecule has 0 radical (unpaired) electrons. The van der Waals surface area contributed by atoms with E-state index in [1.165, 1.54) is 11.0 Å². The second kappa shape index (κ2) is 6.51. The van der Waals surface area contributed by atoms with Gasteiger partial charge in [-0.25, -0.2) is 5.48 Å². The molecule has 110 valence electrons. The number of hydroxylamine groups is 1. The molecule has 1 aromatic heterocycles. The van der Waals surface area contributed by atoms with Crippen molar-refractivity contribution in [3.8, 4) is 0 Å². The Morgan fingerprint density at radius 2 is 1.95 bits per heavy atom. The van der Waals surface area contributed by atoms with E-state index < -0.39 is 5.91 Å². The third kappa shape index (κ3) is 3.05. The molecule has 2 aromatic carbocycles. The van der Waals surface area contributed by atoms with Crippen molar-refractivity contribution in [3.63, 3.8) is 0 Å². The van der Waals surface area contributed by atoms with Crippen molar-refractivity contribution < 1.29 is 10.0 Å². The highest BCUT2D eigenvalue weighted by molar-refractivity contribution is 7.99. The average Bonchev–Trinajstić information content (AvgIpc) is 2.97. The second-order valence-electron chi connectivity index (χ2n) is 4.65. The molecule has 0 aliphatic carbocycles. The molecular formula is C17H14N2O2S. The van der Waals surface area contributed by atoms with Gasteiger partial charge in [-0.05, 0) is 23.8 Å². The molecule has 4 nitrogen and oxygen atoms in total. The molecule has 0 fully saturated rings. The smallest absolute Gasteiger partial charge is 0.267 e. The van der Waals surface area contributed by atoms with Crippen LogP contribution in [0.1, 0.15) is 5.56 Å². The predicted molar refractivity (Wildman–Crippen MR) is 87.8 cm³/mol. The van der Waals surface area contributed by atoms with Gasteiger partial charge < -0.3 is 4.98 Å². The Morgan fingerprint density at radius 3 is 2.73 bits per heavy atom. The van der Waals surface area contributed by atoms with Crippen LogP contribution in [-0.2, 0) is 4.79 Å². The van der Waals surface area contributed by atoms with Gasteiger partial charge in [0, 0.05) is 27.5 Å². The first-order valence-corrected chi connectivity index (χ1v) is 7.55. The first-order valence-electron chi connectivity index (χ1n) is 6.73. The van der Waals surface area contributed by atoms with E-state index >= 15 is 0 Å². The van der Waals surface area contributed by atoms with E-state index in [1.807, 2.05) is 42.6 Å². The van der Waals surface area contributed by atoms with Crippen LogP contribution >= 0.6 is 11.8 Å². The van der Waals surface area contributed by atoms with Crippen LogP contribution in [0.15, 0.2) is 70.6 Å². The van der Waals surface area contributed by atoms with Crippen LogP contribution in [-0.4, -0.2) is 16.1 Å². The molecule has 0 unspecified atom stereocenters. The van der Waals surface area contributed by atoms with Gasteiger partial charge in [0.25, 0.3) is 5.91 Å². The third-order valence-electron chi connectivity index (χ3n) is 3.21. The molecule has 0 aliphatic heterocycles. The summed E-state index contributed by atoms with van der Waals surface area (Å²) in [5.41, 5.74) is 3.43. The molecule has 0 saturated carbocycles. The molecule has 3 rings (SSSR count). The van der Waals surface area contributed by atoms with Gasteiger partial charge in [-0.1, -0.05) is 48.2 Å². The molecule has 5 heteroatoms. The van der Waals surface area contributed by atoms with Gasteiger partial charge in [0.15, 0.2) is 0 Å². The number of hydrogen-bond donors (Lipinski definition) is 3. The molecule has 0 aliphatic rings. The predicted octanol–water partition coefficient (Wildman–Crippen LogP) is 3.84. The van der Waals surface area contributed by atoms with Crippen molar-refractivity contribution in [2.45, 2.75) is 9.79 Å². The summed E-state index contributed by atoms with van der Waals surface area (Å²) in [6.07, 6.45) is 4.92. The van der Waals surface area contributed by atoms with Crippen LogP contribution in [0.5, 0.6) is 0 Å². The third-order valence-corrected chi connectivity index (χ3v) is 4.27. The lowest BCUT2D eigenvalue weighted by atomic mass is 10.1. The lowest BCUT2D eigenvalue weighted by Crippen LogP contribution is -2.14. The maximum absolute atomic E-state index is 11.1. The van der Waals surface area contributed by atoms with E-state index in [2.05, 4.69) is 17.1 Å². The van der Waals surface area contributed by atoms with Crippen LogP contribution in [0.3, 0.4) is 0 Å². The monoisotopic (exact) mass is 310 g/mol. The fourth-order valence-electron chi connectivity index (χ4n) is 2.19. The van der Waals surface area contributed by atoms with E-state index in [0.29, 0.717) is 0 Å². The summed E-state index contributed by atoms with van der Waals surface area (Å²) in [5.74, 6) is -0.553. The highest BCUT2D eigenvalue weighted by Gasteiger charge is 2.07. The number of para-hydroxylation sites is 1. The zero-order valence-corrected chi connectivity index (χ0v) is 12.4. The number of aromatic nitrogens is 1. The van der Waals surface area contributed by atoms with Gasteiger partial charge in [-0.2, -0.15) is 0 Å². The summed E-state index contributed by atoms with van der Waals surface area (Å²) in [4.78, 5) is 16.7. The number of H-pyrrole nitrogens is 1. The number of nitrogens with one attached hydrogen (secondary N) is 2. The molecular weight excluding hydrogens is 296 g/mol. The van der Waals surface area contributed by atoms with Crippen LogP contribution < -0.4 is 5.48 Å². The molecule has 0 atom stereocenters. The maximum Gasteiger partial charge on any atom is 0.267 e. The molecule has 3 aromatic rings. The molecule has 1 amide bonds. The Morgan fingerprint density at radius 1 is 1.14 bits per heavy atom. The number of benzene rings is 2. The van der Waals surface area contributed by atoms with Crippen LogP contribution in [0.25, 0.3) is 17.0 Å². The fourth-order valence-corrected chi connectivity index (χ4v) is 3.14. The van der Waals surface area contributed by atoms with E-state index in [1.54, 1.807) is 23.3 Å². The number of amides is 1. The highest BCUT2D eigenvalue weighted by Crippen LogP contribution is 2.34. The second-order valence-corrected chi connectivity index (χ2v) is 5.76. The fraction of sp³-hybridized carbons (Fsp3) is 0. The Labute approximate surface area is 131 Å². The summed E-state index contributed by atoms with van der Waals surface area (Å²) in [6, 6.07) is 16.1. The number of carbonyl (C=O) groups is 1. The van der Waals surface area contributed by atoms with Gasteiger partial charge in [-0.15, -0.1) is 0 Å². The zero-order chi connectivity index (χ0) is 15.4. The minimum Gasteiger partial charge on any atom is -0.360 e. The number of aromatic amines is 1. The van der Waals surface area contributed by atoms with Crippen LogP contribution in [0.4, 0.5) is 0 Å². The molecule has 1 heterocycles. The maximum atomic E-state index is 11.1. The Hall–Kier alpha value is -2.50. The van der Waals surface area contributed by atoms with Crippen molar-refractivity contribution in [3.05, 3.63) is 66.4 Å². The minimum absolute atomic E-state index is 0.553. The number of rotatable bonds is 4. The topological polar surface area (TPSA) is 65.1 Å². The van der Waals surface area contributed by atoms with E-state index in [4.69, 9.17) is 5.21 Å². The molecule has 22 heavy (non-hydrogen) atoms. The number of fused-ring (bicyclic) bond motifs is 1. The van der Waals surface area contributed by atoms with Gasteiger partial charge in [0.2, 0.25) is 0 Å². The summed E-state index contributed by atoms with van der Waals surface area (Å²) in [5, 5.41) is 9.63. The summed E-state index contributed by atoms with van der Waals surface area (Å²) in [7, 11) is 0. The van der Waals surface area contributed by atoms with E-state index in [-0.39, 0.29) is 0 Å². The van der Waals surface area contributed by atoms with Crippen LogP contribution in [0.2, 0.25) is 0 Å². The quantitative estimate of drug-likeness (QED) is 0.390. The molecule has 0 spiro atoms. The zero-order valence-electron chi connectivity index (χ0n) is 11.6. The first-order chi connectivity index (χ1) is 10.8. The number of hydrogen-bond acceptors (Lipinski definition) is 3. The van der Waals surface area contributed by atoms with Crippen molar-refractivity contribution in [1.82, 2.24) is 10.5 Å². The van der Waals surface area contributed by atoms with Crippen molar-refractivity contribution >= 4 is 34.6 Å². The molecule has 3 N–H and O–H groups in total. The summed E-state index contributed by atoms with van der Waals surface area (Å²) < 4.78 is 0. The van der Waals surface area contributed by atoms with E-state index in [0.717, 1.165) is 21.4 Å². The average molecular weight is 310 g/mol. The molecule has 0 saturated heterocycles. The van der Waals surface area contributed by atoms with Crippen LogP contribution in [0, 0.1) is 0 Å².